The van der Waals surface area contributed by atoms with E-state index < -0.39 is 0 Å². The van der Waals surface area contributed by atoms with Gasteiger partial charge in [0.2, 0.25) is 11.8 Å². The zero-order valence-electron chi connectivity index (χ0n) is 11.3. The largest absolute Gasteiger partial charge is 0.393 e. The maximum absolute atomic E-state index is 12.0. The molecule has 0 bridgehead atoms. The smallest absolute Gasteiger partial charge is 0.236 e. The molecule has 0 aromatic heterocycles. The van der Waals surface area contributed by atoms with E-state index in [1.807, 2.05) is 4.90 Å². The van der Waals surface area contributed by atoms with Crippen molar-refractivity contribution in [3.63, 3.8) is 0 Å². The fourth-order valence-corrected chi connectivity index (χ4v) is 2.29. The maximum atomic E-state index is 12.0. The van der Waals surface area contributed by atoms with Crippen molar-refractivity contribution in [2.24, 2.45) is 11.5 Å². The number of primary amides is 1. The van der Waals surface area contributed by atoms with Gasteiger partial charge in [-0.2, -0.15) is 0 Å². The molecular weight excluding hydrogens is 264 g/mol. The zero-order chi connectivity index (χ0) is 14.4. The Balaban J connectivity index is 2.49. The fourth-order valence-electron chi connectivity index (χ4n) is 2.20. The molecule has 1 aliphatic heterocycles. The summed E-state index contributed by atoms with van der Waals surface area (Å²) in [6.07, 6.45) is 3.22. The van der Waals surface area contributed by atoms with E-state index in [0.29, 0.717) is 18.0 Å². The second kappa shape index (κ2) is 7.40. The summed E-state index contributed by atoms with van der Waals surface area (Å²) in [6, 6.07) is -0.318. The van der Waals surface area contributed by atoms with Crippen molar-refractivity contribution in [1.82, 2.24) is 9.80 Å². The van der Waals surface area contributed by atoms with Crippen molar-refractivity contribution in [2.45, 2.75) is 31.7 Å². The van der Waals surface area contributed by atoms with Gasteiger partial charge >= 0.3 is 0 Å². The lowest BCUT2D eigenvalue weighted by Gasteiger charge is -2.34. The molecule has 1 saturated heterocycles. The average Bonchev–Trinajstić information content (AvgIpc) is 2.36. The molecule has 1 unspecified atom stereocenters. The quantitative estimate of drug-likeness (QED) is 0.640. The fraction of sp³-hybridized carbons (Fsp3) is 0.750. The summed E-state index contributed by atoms with van der Waals surface area (Å²) in [6.45, 7) is 1.47. The Hall–Kier alpha value is -1.21. The van der Waals surface area contributed by atoms with Gasteiger partial charge in [-0.05, 0) is 19.4 Å². The number of rotatable bonds is 6. The first-order valence-electron chi connectivity index (χ1n) is 6.47. The molecule has 0 radical (unpaired) electrons. The van der Waals surface area contributed by atoms with Gasteiger partial charge in [0, 0.05) is 20.0 Å². The number of thiocarbonyl (C=S) groups is 1. The molecule has 4 N–H and O–H groups in total. The number of piperidine rings is 1. The van der Waals surface area contributed by atoms with Crippen LogP contribution >= 0.6 is 12.2 Å². The number of likely N-dealkylation sites (tertiary alicyclic amines) is 1. The summed E-state index contributed by atoms with van der Waals surface area (Å²) < 4.78 is 0. The number of nitrogens with zero attached hydrogens (tertiary/aromatic N) is 2. The first-order valence-corrected chi connectivity index (χ1v) is 6.88. The minimum Gasteiger partial charge on any atom is -0.393 e. The molecule has 1 heterocycles. The third kappa shape index (κ3) is 5.12. The van der Waals surface area contributed by atoms with Crippen LogP contribution in [0.3, 0.4) is 0 Å². The SMILES string of the molecule is CN(CCC(N)=S)C(=O)CN1CCCCC1C(N)=O. The third-order valence-corrected chi connectivity index (χ3v) is 3.60. The van der Waals surface area contributed by atoms with E-state index in [1.54, 1.807) is 11.9 Å². The predicted octanol–water partition coefficient (Wildman–Crippen LogP) is -0.539. The van der Waals surface area contributed by atoms with Gasteiger partial charge in [0.1, 0.15) is 0 Å². The van der Waals surface area contributed by atoms with Gasteiger partial charge in [0.05, 0.1) is 17.6 Å². The molecule has 1 atom stereocenters. The van der Waals surface area contributed by atoms with Crippen molar-refractivity contribution < 1.29 is 9.59 Å². The van der Waals surface area contributed by atoms with Crippen LogP contribution in [-0.4, -0.2) is 59.3 Å². The van der Waals surface area contributed by atoms with Crippen LogP contribution in [0.5, 0.6) is 0 Å². The Bertz CT molecular complexity index is 362. The normalized spacial score (nSPS) is 19.9. The van der Waals surface area contributed by atoms with Crippen molar-refractivity contribution in [1.29, 1.82) is 0 Å². The van der Waals surface area contributed by atoms with E-state index >= 15 is 0 Å². The maximum Gasteiger partial charge on any atom is 0.236 e. The van der Waals surface area contributed by atoms with Crippen LogP contribution in [0.4, 0.5) is 0 Å². The molecule has 1 rings (SSSR count). The summed E-state index contributed by atoms with van der Waals surface area (Å²) in [7, 11) is 1.71. The Kier molecular flexibility index (Phi) is 6.17. The molecule has 7 heteroatoms. The molecule has 108 valence electrons. The van der Waals surface area contributed by atoms with E-state index in [4.69, 9.17) is 23.7 Å². The Labute approximate surface area is 119 Å². The Morgan fingerprint density at radius 1 is 1.37 bits per heavy atom. The average molecular weight is 286 g/mol. The summed E-state index contributed by atoms with van der Waals surface area (Å²) in [5.74, 6) is -0.386. The first-order chi connectivity index (χ1) is 8.91. The summed E-state index contributed by atoms with van der Waals surface area (Å²) in [5, 5.41) is 0. The highest BCUT2D eigenvalue weighted by Gasteiger charge is 2.28. The first kappa shape index (κ1) is 15.8. The number of hydrogen-bond acceptors (Lipinski definition) is 4. The summed E-state index contributed by atoms with van der Waals surface area (Å²) in [5.41, 5.74) is 10.8. The third-order valence-electron chi connectivity index (χ3n) is 3.40. The van der Waals surface area contributed by atoms with Crippen LogP contribution in [0.2, 0.25) is 0 Å². The lowest BCUT2D eigenvalue weighted by Crippen LogP contribution is -2.51. The van der Waals surface area contributed by atoms with Gasteiger partial charge in [0.25, 0.3) is 0 Å². The highest BCUT2D eigenvalue weighted by Crippen LogP contribution is 2.16. The number of nitrogens with two attached hydrogens (primary N) is 2. The van der Waals surface area contributed by atoms with Crippen molar-refractivity contribution >= 4 is 29.0 Å². The molecule has 6 nitrogen and oxygen atoms in total. The van der Waals surface area contributed by atoms with E-state index in [-0.39, 0.29) is 24.4 Å². The predicted molar refractivity (Wildman–Crippen MR) is 77.4 cm³/mol. The lowest BCUT2D eigenvalue weighted by atomic mass is 10.0. The number of amides is 2. The monoisotopic (exact) mass is 286 g/mol. The molecule has 19 heavy (non-hydrogen) atoms. The van der Waals surface area contributed by atoms with Crippen LogP contribution in [0.25, 0.3) is 0 Å². The van der Waals surface area contributed by atoms with Gasteiger partial charge in [-0.15, -0.1) is 0 Å². The Morgan fingerprint density at radius 2 is 2.05 bits per heavy atom. The number of carbonyl (C=O) groups is 2. The van der Waals surface area contributed by atoms with E-state index in [2.05, 4.69) is 0 Å². The van der Waals surface area contributed by atoms with Crippen molar-refractivity contribution in [3.8, 4) is 0 Å². The van der Waals surface area contributed by atoms with Crippen LogP contribution < -0.4 is 11.5 Å². The minimum absolute atomic E-state index is 0.0376. The topological polar surface area (TPSA) is 92.7 Å². The van der Waals surface area contributed by atoms with E-state index in [0.717, 1.165) is 25.8 Å². The molecular formula is C12H22N4O2S. The van der Waals surface area contributed by atoms with Crippen molar-refractivity contribution in [3.05, 3.63) is 0 Å². The number of hydrogen-bond donors (Lipinski definition) is 2. The van der Waals surface area contributed by atoms with Crippen molar-refractivity contribution in [2.75, 3.05) is 26.7 Å². The minimum atomic E-state index is -0.349. The highest BCUT2D eigenvalue weighted by atomic mass is 32.1. The van der Waals surface area contributed by atoms with Crippen LogP contribution in [0.15, 0.2) is 0 Å². The molecule has 0 aromatic rings. The van der Waals surface area contributed by atoms with Crippen LogP contribution in [0.1, 0.15) is 25.7 Å². The Morgan fingerprint density at radius 3 is 2.63 bits per heavy atom. The van der Waals surface area contributed by atoms with Gasteiger partial charge in [-0.1, -0.05) is 18.6 Å². The molecule has 1 aliphatic rings. The molecule has 0 aromatic carbocycles. The molecule has 1 fully saturated rings. The zero-order valence-corrected chi connectivity index (χ0v) is 12.1. The number of likely N-dealkylation sites (N-methyl/N-ethyl adjacent to an activating group) is 1. The summed E-state index contributed by atoms with van der Waals surface area (Å²) in [4.78, 5) is 27.2. The van der Waals surface area contributed by atoms with Gasteiger partial charge < -0.3 is 16.4 Å². The standard InChI is InChI=1S/C12H22N4O2S/c1-15(7-5-10(13)19)11(17)8-16-6-3-2-4-9(16)12(14)18/h9H,2-8H2,1H3,(H2,13,19)(H2,14,18). The molecule has 2 amide bonds. The second-order valence-corrected chi connectivity index (χ2v) is 5.44. The second-order valence-electron chi connectivity index (χ2n) is 4.92. The van der Waals surface area contributed by atoms with E-state index in [1.165, 1.54) is 0 Å². The van der Waals surface area contributed by atoms with Gasteiger partial charge in [0.15, 0.2) is 0 Å². The lowest BCUT2D eigenvalue weighted by molar-refractivity contribution is -0.134. The van der Waals surface area contributed by atoms with E-state index in [9.17, 15) is 9.59 Å². The van der Waals surface area contributed by atoms with Gasteiger partial charge in [-0.25, -0.2) is 0 Å². The van der Waals surface area contributed by atoms with Crippen LogP contribution in [0, 0.1) is 0 Å². The number of carbonyl (C=O) groups excluding carboxylic acids is 2. The molecule has 0 saturated carbocycles. The van der Waals surface area contributed by atoms with Crippen LogP contribution in [-0.2, 0) is 9.59 Å². The van der Waals surface area contributed by atoms with Gasteiger partial charge in [-0.3, -0.25) is 14.5 Å². The highest BCUT2D eigenvalue weighted by molar-refractivity contribution is 7.80. The molecule has 0 spiro atoms. The summed E-state index contributed by atoms with van der Waals surface area (Å²) >= 11 is 4.78. The molecule has 0 aliphatic carbocycles.